The highest BCUT2D eigenvalue weighted by atomic mass is 32.2. The second-order valence-electron chi connectivity index (χ2n) is 6.43. The summed E-state index contributed by atoms with van der Waals surface area (Å²) in [6.07, 6.45) is 0.459. The van der Waals surface area contributed by atoms with Gasteiger partial charge in [-0.2, -0.15) is 4.31 Å². The van der Waals surface area contributed by atoms with E-state index >= 15 is 0 Å². The molecule has 2 atom stereocenters. The molecule has 1 aromatic rings. The summed E-state index contributed by atoms with van der Waals surface area (Å²) < 4.78 is 26.9. The Morgan fingerprint density at radius 1 is 1.25 bits per heavy atom. The minimum atomic E-state index is -3.84. The lowest BCUT2D eigenvalue weighted by Crippen LogP contribution is -2.45. The number of piperidine rings is 1. The molecule has 1 N–H and O–H groups in total. The zero-order valence-corrected chi connectivity index (χ0v) is 14.8. The van der Waals surface area contributed by atoms with Crippen molar-refractivity contribution in [3.63, 3.8) is 0 Å². The van der Waals surface area contributed by atoms with Gasteiger partial charge in [0.1, 0.15) is 0 Å². The third-order valence-corrected chi connectivity index (χ3v) is 5.93. The van der Waals surface area contributed by atoms with Crippen molar-refractivity contribution in [2.45, 2.75) is 18.2 Å². The van der Waals surface area contributed by atoms with Crippen molar-refractivity contribution in [3.8, 4) is 0 Å². The zero-order valence-electron chi connectivity index (χ0n) is 14.0. The first-order valence-electron chi connectivity index (χ1n) is 7.67. The molecule has 1 aromatic carbocycles. The largest absolute Gasteiger partial charge is 0.481 e. The number of amides is 1. The van der Waals surface area contributed by atoms with Crippen LogP contribution in [0.1, 0.15) is 23.7 Å². The molecule has 8 heteroatoms. The number of aliphatic carboxylic acids is 1. The van der Waals surface area contributed by atoms with Crippen molar-refractivity contribution in [3.05, 3.63) is 29.8 Å². The quantitative estimate of drug-likeness (QED) is 0.874. The predicted octanol–water partition coefficient (Wildman–Crippen LogP) is 1.12. The summed E-state index contributed by atoms with van der Waals surface area (Å²) in [5, 5.41) is 9.22. The van der Waals surface area contributed by atoms with Crippen LogP contribution in [0.15, 0.2) is 29.2 Å². The van der Waals surface area contributed by atoms with Gasteiger partial charge in [0.2, 0.25) is 10.0 Å². The van der Waals surface area contributed by atoms with Crippen molar-refractivity contribution in [1.29, 1.82) is 0 Å². The third kappa shape index (κ3) is 3.76. The molecule has 7 nitrogen and oxygen atoms in total. The van der Waals surface area contributed by atoms with Gasteiger partial charge < -0.3 is 10.0 Å². The van der Waals surface area contributed by atoms with Gasteiger partial charge in [-0.3, -0.25) is 9.59 Å². The monoisotopic (exact) mass is 354 g/mol. The van der Waals surface area contributed by atoms with Gasteiger partial charge in [0.15, 0.2) is 0 Å². The highest BCUT2D eigenvalue weighted by Crippen LogP contribution is 2.27. The molecule has 0 radical (unpaired) electrons. The average Bonchev–Trinajstić information content (AvgIpc) is 2.53. The number of hydrogen-bond donors (Lipinski definition) is 1. The molecule has 0 bridgehead atoms. The van der Waals surface area contributed by atoms with Gasteiger partial charge in [-0.15, -0.1) is 0 Å². The normalized spacial score (nSPS) is 22.1. The number of nitrogens with zero attached hydrogens (tertiary/aromatic N) is 2. The van der Waals surface area contributed by atoms with Crippen molar-refractivity contribution in [2.24, 2.45) is 11.8 Å². The van der Waals surface area contributed by atoms with Crippen LogP contribution in [0, 0.1) is 11.8 Å². The summed E-state index contributed by atoms with van der Waals surface area (Å²) in [5.74, 6) is -2.03. The van der Waals surface area contributed by atoms with Crippen LogP contribution in [0.5, 0.6) is 0 Å². The molecule has 2 rings (SSSR count). The maximum atomic E-state index is 12.9. The van der Waals surface area contributed by atoms with Gasteiger partial charge in [0.25, 0.3) is 5.91 Å². The van der Waals surface area contributed by atoms with E-state index in [4.69, 9.17) is 0 Å². The summed E-state index contributed by atoms with van der Waals surface area (Å²) >= 11 is 0. The number of carboxylic acid groups (broad SMARTS) is 1. The fourth-order valence-electron chi connectivity index (χ4n) is 2.87. The van der Waals surface area contributed by atoms with E-state index in [1.165, 1.54) is 27.4 Å². The van der Waals surface area contributed by atoms with Crippen LogP contribution in [-0.4, -0.2) is 61.8 Å². The minimum absolute atomic E-state index is 0.00781. The van der Waals surface area contributed by atoms with E-state index in [1.54, 1.807) is 20.2 Å². The lowest BCUT2D eigenvalue weighted by Gasteiger charge is -2.33. The second kappa shape index (κ2) is 6.90. The summed E-state index contributed by atoms with van der Waals surface area (Å²) in [4.78, 5) is 24.7. The van der Waals surface area contributed by atoms with E-state index in [0.717, 1.165) is 0 Å². The first-order chi connectivity index (χ1) is 11.1. The zero-order chi connectivity index (χ0) is 18.1. The van der Waals surface area contributed by atoms with E-state index in [9.17, 15) is 23.1 Å². The third-order valence-electron chi connectivity index (χ3n) is 4.10. The number of hydrogen-bond acceptors (Lipinski definition) is 4. The van der Waals surface area contributed by atoms with Gasteiger partial charge in [0.05, 0.1) is 10.8 Å². The number of sulfonamides is 1. The highest BCUT2D eigenvalue weighted by Gasteiger charge is 2.36. The van der Waals surface area contributed by atoms with Crippen molar-refractivity contribution in [1.82, 2.24) is 9.21 Å². The first-order valence-corrected chi connectivity index (χ1v) is 9.11. The topological polar surface area (TPSA) is 95.0 Å². The second-order valence-corrected chi connectivity index (χ2v) is 8.36. The molecular formula is C16H22N2O5S. The first kappa shape index (κ1) is 18.4. The van der Waals surface area contributed by atoms with E-state index in [1.807, 2.05) is 6.92 Å². The fraction of sp³-hybridized carbons (Fsp3) is 0.500. The Labute approximate surface area is 141 Å². The Morgan fingerprint density at radius 2 is 1.92 bits per heavy atom. The van der Waals surface area contributed by atoms with Gasteiger partial charge in [-0.05, 0) is 30.5 Å². The van der Waals surface area contributed by atoms with E-state index in [0.29, 0.717) is 6.42 Å². The highest BCUT2D eigenvalue weighted by molar-refractivity contribution is 7.89. The van der Waals surface area contributed by atoms with E-state index in [2.05, 4.69) is 0 Å². The minimum Gasteiger partial charge on any atom is -0.481 e. The summed E-state index contributed by atoms with van der Waals surface area (Å²) in [7, 11) is -0.663. The van der Waals surface area contributed by atoms with Crippen LogP contribution in [-0.2, 0) is 14.8 Å². The molecule has 0 saturated carbocycles. The fourth-order valence-corrected chi connectivity index (χ4v) is 4.53. The van der Waals surface area contributed by atoms with Gasteiger partial charge in [-0.25, -0.2) is 8.42 Å². The number of carboxylic acids is 1. The van der Waals surface area contributed by atoms with Gasteiger partial charge in [0, 0.05) is 32.7 Å². The Hall–Kier alpha value is -1.93. The predicted molar refractivity (Wildman–Crippen MR) is 88.1 cm³/mol. The molecule has 1 fully saturated rings. The molecular weight excluding hydrogens is 332 g/mol. The Kier molecular flexibility index (Phi) is 5.29. The van der Waals surface area contributed by atoms with Crippen molar-refractivity contribution < 1.29 is 23.1 Å². The van der Waals surface area contributed by atoms with Crippen LogP contribution >= 0.6 is 0 Å². The van der Waals surface area contributed by atoms with Crippen LogP contribution in [0.4, 0.5) is 0 Å². The Bertz CT molecular complexity index is 745. The van der Waals surface area contributed by atoms with E-state index < -0.39 is 21.9 Å². The number of rotatable bonds is 4. The number of carbonyl (C=O) groups is 2. The molecule has 1 aliphatic rings. The lowest BCUT2D eigenvalue weighted by atomic mass is 9.92. The molecule has 132 valence electrons. The SMILES string of the molecule is CC1CC(C(=O)O)CN(S(=O)(=O)c2cccc(C(=O)N(C)C)c2)C1. The van der Waals surface area contributed by atoms with Crippen molar-refractivity contribution in [2.75, 3.05) is 27.2 Å². The molecule has 24 heavy (non-hydrogen) atoms. The lowest BCUT2D eigenvalue weighted by molar-refractivity contribution is -0.143. The van der Waals surface area contributed by atoms with Crippen LogP contribution in [0.3, 0.4) is 0 Å². The molecule has 0 aliphatic carbocycles. The summed E-state index contributed by atoms with van der Waals surface area (Å²) in [6, 6.07) is 5.84. The number of carbonyl (C=O) groups excluding carboxylic acids is 1. The molecule has 1 aliphatic heterocycles. The van der Waals surface area contributed by atoms with Crippen molar-refractivity contribution >= 4 is 21.9 Å². The van der Waals surface area contributed by atoms with Gasteiger partial charge in [-0.1, -0.05) is 13.0 Å². The Morgan fingerprint density at radius 3 is 2.50 bits per heavy atom. The standard InChI is InChI=1S/C16H22N2O5S/c1-11-7-13(16(20)21)10-18(9-11)24(22,23)14-6-4-5-12(8-14)15(19)17(2)3/h4-6,8,11,13H,7,9-10H2,1-3H3,(H,20,21). The summed E-state index contributed by atoms with van der Waals surface area (Å²) in [6.45, 7) is 2.06. The maximum absolute atomic E-state index is 12.9. The molecule has 0 spiro atoms. The average molecular weight is 354 g/mol. The van der Waals surface area contributed by atoms with Crippen LogP contribution < -0.4 is 0 Å². The molecule has 0 aromatic heterocycles. The molecule has 2 unspecified atom stereocenters. The molecule has 1 heterocycles. The maximum Gasteiger partial charge on any atom is 0.307 e. The number of benzene rings is 1. The van der Waals surface area contributed by atoms with Gasteiger partial charge >= 0.3 is 5.97 Å². The molecule has 1 amide bonds. The van der Waals surface area contributed by atoms with Crippen LogP contribution in [0.2, 0.25) is 0 Å². The van der Waals surface area contributed by atoms with E-state index in [-0.39, 0.29) is 35.4 Å². The molecule has 1 saturated heterocycles. The Balaban J connectivity index is 2.34. The summed E-state index contributed by atoms with van der Waals surface area (Å²) in [5.41, 5.74) is 0.279. The van der Waals surface area contributed by atoms with Crippen LogP contribution in [0.25, 0.3) is 0 Å². The smallest absolute Gasteiger partial charge is 0.307 e.